The number of carbonyl (C=O) groups excluding carboxylic acids is 2. The van der Waals surface area contributed by atoms with Crippen LogP contribution < -0.4 is 0 Å². The van der Waals surface area contributed by atoms with E-state index in [2.05, 4.69) is 4.98 Å². The molecule has 2 aromatic carbocycles. The maximum absolute atomic E-state index is 12.2. The number of carbonyl (C=O) groups is 2. The Balaban J connectivity index is 1.59. The molecule has 0 radical (unpaired) electrons. The van der Waals surface area contributed by atoms with E-state index in [1.807, 2.05) is 24.3 Å². The van der Waals surface area contributed by atoms with E-state index in [4.69, 9.17) is 16.3 Å². The molecule has 0 amide bonds. The molecule has 0 aliphatic heterocycles. The van der Waals surface area contributed by atoms with Crippen LogP contribution >= 0.6 is 11.6 Å². The van der Waals surface area contributed by atoms with Crippen LogP contribution in [-0.2, 0) is 9.53 Å². The second kappa shape index (κ2) is 7.15. The largest absolute Gasteiger partial charge is 0.454 e. The Morgan fingerprint density at radius 1 is 1.08 bits per heavy atom. The van der Waals surface area contributed by atoms with Crippen LogP contribution in [-0.4, -0.2) is 23.3 Å². The van der Waals surface area contributed by atoms with E-state index in [0.29, 0.717) is 10.6 Å². The first-order valence-corrected chi connectivity index (χ1v) is 7.71. The Bertz CT molecular complexity index is 910. The minimum absolute atomic E-state index is 0.249. The smallest absolute Gasteiger partial charge is 0.331 e. The van der Waals surface area contributed by atoms with Crippen LogP contribution in [0.4, 0.5) is 0 Å². The quantitative estimate of drug-likeness (QED) is 0.429. The molecule has 0 atom stereocenters. The zero-order chi connectivity index (χ0) is 16.9. The Hall–Kier alpha value is -2.85. The number of para-hydroxylation sites is 1. The van der Waals surface area contributed by atoms with E-state index < -0.39 is 5.97 Å². The second-order valence-electron chi connectivity index (χ2n) is 5.16. The highest BCUT2D eigenvalue weighted by Gasteiger charge is 2.13. The zero-order valence-corrected chi connectivity index (χ0v) is 13.4. The summed E-state index contributed by atoms with van der Waals surface area (Å²) in [6.45, 7) is -0.300. The van der Waals surface area contributed by atoms with Gasteiger partial charge in [0.1, 0.15) is 0 Å². The van der Waals surface area contributed by atoms with Crippen molar-refractivity contribution in [2.24, 2.45) is 0 Å². The molecule has 5 heteroatoms. The summed E-state index contributed by atoms with van der Waals surface area (Å²) in [5.41, 5.74) is 2.20. The van der Waals surface area contributed by atoms with E-state index in [1.54, 1.807) is 36.5 Å². The standard InChI is InChI=1S/C19H14ClNO3/c20-14-8-5-13(6-9-14)7-10-19(23)24-12-18(22)16-11-21-17-4-2-1-3-15(16)17/h1-11,21H,12H2. The monoisotopic (exact) mass is 339 g/mol. The highest BCUT2D eigenvalue weighted by atomic mass is 35.5. The van der Waals surface area contributed by atoms with Crippen LogP contribution in [0.25, 0.3) is 17.0 Å². The lowest BCUT2D eigenvalue weighted by Crippen LogP contribution is -2.12. The van der Waals surface area contributed by atoms with Crippen molar-refractivity contribution in [1.29, 1.82) is 0 Å². The number of hydrogen-bond donors (Lipinski definition) is 1. The van der Waals surface area contributed by atoms with Gasteiger partial charge in [0.25, 0.3) is 0 Å². The first-order chi connectivity index (χ1) is 11.6. The number of ether oxygens (including phenoxy) is 1. The number of halogens is 1. The third-order valence-corrected chi connectivity index (χ3v) is 3.77. The number of fused-ring (bicyclic) bond motifs is 1. The molecule has 120 valence electrons. The molecule has 4 nitrogen and oxygen atoms in total. The Morgan fingerprint density at radius 2 is 1.83 bits per heavy atom. The lowest BCUT2D eigenvalue weighted by Gasteiger charge is -2.01. The van der Waals surface area contributed by atoms with Crippen LogP contribution in [0.15, 0.2) is 60.8 Å². The molecular weight excluding hydrogens is 326 g/mol. The first-order valence-electron chi connectivity index (χ1n) is 7.33. The Kier molecular flexibility index (Phi) is 4.77. The number of Topliss-reactive ketones (excluding diaryl/α,β-unsaturated/α-hetero) is 1. The maximum Gasteiger partial charge on any atom is 0.331 e. The van der Waals surface area contributed by atoms with Crippen molar-refractivity contribution in [3.8, 4) is 0 Å². The van der Waals surface area contributed by atoms with Crippen LogP contribution in [0.2, 0.25) is 5.02 Å². The molecule has 0 saturated carbocycles. The number of aromatic amines is 1. The normalized spacial score (nSPS) is 11.0. The van der Waals surface area contributed by atoms with Gasteiger partial charge in [-0.3, -0.25) is 4.79 Å². The van der Waals surface area contributed by atoms with Crippen molar-refractivity contribution in [3.05, 3.63) is 77.0 Å². The summed E-state index contributed by atoms with van der Waals surface area (Å²) in [5.74, 6) is -0.821. The number of H-pyrrole nitrogens is 1. The summed E-state index contributed by atoms with van der Waals surface area (Å²) in [5, 5.41) is 1.44. The summed E-state index contributed by atoms with van der Waals surface area (Å²) in [4.78, 5) is 26.9. The van der Waals surface area contributed by atoms with Gasteiger partial charge in [0.2, 0.25) is 5.78 Å². The topological polar surface area (TPSA) is 59.2 Å². The highest BCUT2D eigenvalue weighted by molar-refractivity contribution is 6.30. The van der Waals surface area contributed by atoms with Gasteiger partial charge in [0.05, 0.1) is 0 Å². The number of rotatable bonds is 5. The van der Waals surface area contributed by atoms with E-state index in [1.165, 1.54) is 6.08 Å². The predicted octanol–water partition coefficient (Wildman–Crippen LogP) is 4.26. The van der Waals surface area contributed by atoms with Gasteiger partial charge < -0.3 is 9.72 Å². The SMILES string of the molecule is O=C(C=Cc1ccc(Cl)cc1)OCC(=O)c1c[nH]c2ccccc12. The molecule has 3 aromatic rings. The Morgan fingerprint density at radius 3 is 2.62 bits per heavy atom. The molecular formula is C19H14ClNO3. The number of aromatic nitrogens is 1. The highest BCUT2D eigenvalue weighted by Crippen LogP contribution is 2.18. The number of esters is 1. The summed E-state index contributed by atoms with van der Waals surface area (Å²) in [6.07, 6.45) is 4.52. The van der Waals surface area contributed by atoms with Gasteiger partial charge in [-0.15, -0.1) is 0 Å². The number of benzene rings is 2. The predicted molar refractivity (Wildman–Crippen MR) is 94.1 cm³/mol. The van der Waals surface area contributed by atoms with E-state index >= 15 is 0 Å². The summed E-state index contributed by atoms with van der Waals surface area (Å²) in [7, 11) is 0. The van der Waals surface area contributed by atoms with Gasteiger partial charge in [0.15, 0.2) is 6.61 Å². The van der Waals surface area contributed by atoms with E-state index in [0.717, 1.165) is 16.5 Å². The lowest BCUT2D eigenvalue weighted by molar-refractivity contribution is -0.136. The van der Waals surface area contributed by atoms with E-state index in [9.17, 15) is 9.59 Å². The molecule has 0 fully saturated rings. The third kappa shape index (κ3) is 3.73. The number of ketones is 1. The fourth-order valence-electron chi connectivity index (χ4n) is 2.30. The molecule has 1 aromatic heterocycles. The molecule has 0 bridgehead atoms. The maximum atomic E-state index is 12.2. The van der Waals surface area contributed by atoms with Gasteiger partial charge in [-0.05, 0) is 29.8 Å². The zero-order valence-electron chi connectivity index (χ0n) is 12.7. The van der Waals surface area contributed by atoms with Crippen molar-refractivity contribution in [1.82, 2.24) is 4.98 Å². The van der Waals surface area contributed by atoms with Crippen molar-refractivity contribution < 1.29 is 14.3 Å². The molecule has 0 spiro atoms. The average molecular weight is 340 g/mol. The van der Waals surface area contributed by atoms with Crippen molar-refractivity contribution in [2.75, 3.05) is 6.61 Å². The molecule has 24 heavy (non-hydrogen) atoms. The minimum atomic E-state index is -0.571. The van der Waals surface area contributed by atoms with Crippen LogP contribution in [0.1, 0.15) is 15.9 Å². The fraction of sp³-hybridized carbons (Fsp3) is 0.0526. The molecule has 1 N–H and O–H groups in total. The van der Waals surface area contributed by atoms with E-state index in [-0.39, 0.29) is 12.4 Å². The molecule has 0 aliphatic rings. The van der Waals surface area contributed by atoms with Gasteiger partial charge in [-0.1, -0.05) is 41.9 Å². The summed E-state index contributed by atoms with van der Waals surface area (Å²) >= 11 is 5.79. The first kappa shape index (κ1) is 16.0. The van der Waals surface area contributed by atoms with Gasteiger partial charge in [-0.25, -0.2) is 4.79 Å². The van der Waals surface area contributed by atoms with Gasteiger partial charge in [0, 0.05) is 33.8 Å². The van der Waals surface area contributed by atoms with Crippen molar-refractivity contribution in [2.45, 2.75) is 0 Å². The molecule has 1 heterocycles. The van der Waals surface area contributed by atoms with Crippen LogP contribution in [0.5, 0.6) is 0 Å². The minimum Gasteiger partial charge on any atom is -0.454 e. The molecule has 0 unspecified atom stereocenters. The molecule has 3 rings (SSSR count). The number of nitrogens with one attached hydrogen (secondary N) is 1. The molecule has 0 aliphatic carbocycles. The number of hydrogen-bond acceptors (Lipinski definition) is 3. The average Bonchev–Trinajstić information content (AvgIpc) is 3.03. The third-order valence-electron chi connectivity index (χ3n) is 3.52. The van der Waals surface area contributed by atoms with Crippen molar-refractivity contribution >= 4 is 40.3 Å². The summed E-state index contributed by atoms with van der Waals surface area (Å²) in [6, 6.07) is 14.5. The van der Waals surface area contributed by atoms with Crippen molar-refractivity contribution in [3.63, 3.8) is 0 Å². The van der Waals surface area contributed by atoms with Crippen LogP contribution in [0.3, 0.4) is 0 Å². The van der Waals surface area contributed by atoms with Gasteiger partial charge in [-0.2, -0.15) is 0 Å². The molecule has 0 saturated heterocycles. The lowest BCUT2D eigenvalue weighted by atomic mass is 10.1. The fourth-order valence-corrected chi connectivity index (χ4v) is 2.43. The van der Waals surface area contributed by atoms with Crippen LogP contribution in [0, 0.1) is 0 Å². The summed E-state index contributed by atoms with van der Waals surface area (Å²) < 4.78 is 5.01. The van der Waals surface area contributed by atoms with Gasteiger partial charge >= 0.3 is 5.97 Å². The second-order valence-corrected chi connectivity index (χ2v) is 5.60. The Labute approximate surface area is 143 Å².